The Morgan fingerprint density at radius 1 is 1.56 bits per heavy atom. The van der Waals surface area contributed by atoms with Gasteiger partial charge in [-0.25, -0.2) is 4.39 Å². The molecule has 96 valence electrons. The molecule has 1 saturated heterocycles. The standard InChI is InChI=1S/C14H18FN3/c1-2-18-8-4-5-11(18)10-17-14-7-3-6-13(15)12(14)9-16/h3,6-7,11,17H,2,4-5,8,10H2,1H3. The molecule has 18 heavy (non-hydrogen) atoms. The largest absolute Gasteiger partial charge is 0.382 e. The van der Waals surface area contributed by atoms with Crippen LogP contribution in [0.2, 0.25) is 0 Å². The maximum atomic E-state index is 13.4. The molecule has 0 amide bonds. The predicted molar refractivity (Wildman–Crippen MR) is 69.9 cm³/mol. The normalized spacial score (nSPS) is 19.7. The highest BCUT2D eigenvalue weighted by atomic mass is 19.1. The Bertz CT molecular complexity index is 453. The van der Waals surface area contributed by atoms with Crippen LogP contribution in [-0.4, -0.2) is 30.6 Å². The van der Waals surface area contributed by atoms with Crippen molar-refractivity contribution in [3.8, 4) is 6.07 Å². The molecule has 1 aliphatic rings. The average molecular weight is 247 g/mol. The molecule has 0 aromatic heterocycles. The van der Waals surface area contributed by atoms with Crippen LogP contribution in [0.4, 0.5) is 10.1 Å². The fraction of sp³-hybridized carbons (Fsp3) is 0.500. The molecule has 1 fully saturated rings. The summed E-state index contributed by atoms with van der Waals surface area (Å²) in [5.74, 6) is -0.457. The topological polar surface area (TPSA) is 39.1 Å². The van der Waals surface area contributed by atoms with E-state index in [1.165, 1.54) is 12.5 Å². The third kappa shape index (κ3) is 2.62. The Hall–Kier alpha value is -1.60. The first-order chi connectivity index (χ1) is 8.76. The van der Waals surface area contributed by atoms with E-state index in [2.05, 4.69) is 17.1 Å². The van der Waals surface area contributed by atoms with Crippen molar-refractivity contribution in [1.29, 1.82) is 5.26 Å². The number of anilines is 1. The molecule has 1 atom stereocenters. The minimum Gasteiger partial charge on any atom is -0.382 e. The summed E-state index contributed by atoms with van der Waals surface area (Å²) < 4.78 is 13.4. The van der Waals surface area contributed by atoms with Crippen LogP contribution in [0.3, 0.4) is 0 Å². The molecule has 0 bridgehead atoms. The minimum atomic E-state index is -0.457. The van der Waals surface area contributed by atoms with Crippen molar-refractivity contribution < 1.29 is 4.39 Å². The van der Waals surface area contributed by atoms with E-state index < -0.39 is 5.82 Å². The van der Waals surface area contributed by atoms with Crippen LogP contribution < -0.4 is 5.32 Å². The molecule has 1 unspecified atom stereocenters. The Morgan fingerprint density at radius 3 is 3.11 bits per heavy atom. The van der Waals surface area contributed by atoms with E-state index >= 15 is 0 Å². The highest BCUT2D eigenvalue weighted by molar-refractivity contribution is 5.57. The number of benzene rings is 1. The Labute approximate surface area is 107 Å². The van der Waals surface area contributed by atoms with Gasteiger partial charge in [0.2, 0.25) is 0 Å². The second-order valence-corrected chi connectivity index (χ2v) is 4.58. The van der Waals surface area contributed by atoms with Crippen LogP contribution in [0.5, 0.6) is 0 Å². The van der Waals surface area contributed by atoms with E-state index in [1.807, 2.05) is 6.07 Å². The van der Waals surface area contributed by atoms with Crippen molar-refractivity contribution in [3.63, 3.8) is 0 Å². The smallest absolute Gasteiger partial charge is 0.143 e. The van der Waals surface area contributed by atoms with Crippen LogP contribution in [0, 0.1) is 17.1 Å². The number of likely N-dealkylation sites (tertiary alicyclic amines) is 1. The van der Waals surface area contributed by atoms with Gasteiger partial charge in [0, 0.05) is 12.6 Å². The molecule has 1 N–H and O–H groups in total. The van der Waals surface area contributed by atoms with Gasteiger partial charge in [0.15, 0.2) is 0 Å². The molecule has 1 aromatic rings. The molecule has 0 spiro atoms. The summed E-state index contributed by atoms with van der Waals surface area (Å²) >= 11 is 0. The summed E-state index contributed by atoms with van der Waals surface area (Å²) in [7, 11) is 0. The van der Waals surface area contributed by atoms with Crippen molar-refractivity contribution in [2.75, 3.05) is 25.0 Å². The number of hydrogen-bond acceptors (Lipinski definition) is 3. The third-order valence-electron chi connectivity index (χ3n) is 3.56. The fourth-order valence-corrected chi connectivity index (χ4v) is 2.56. The quantitative estimate of drug-likeness (QED) is 0.889. The average Bonchev–Trinajstić information content (AvgIpc) is 2.83. The highest BCUT2D eigenvalue weighted by Crippen LogP contribution is 2.20. The molecule has 2 rings (SSSR count). The Morgan fingerprint density at radius 2 is 2.39 bits per heavy atom. The van der Waals surface area contributed by atoms with Gasteiger partial charge in [-0.3, -0.25) is 4.90 Å². The minimum absolute atomic E-state index is 0.110. The van der Waals surface area contributed by atoms with Crippen molar-refractivity contribution in [1.82, 2.24) is 4.90 Å². The lowest BCUT2D eigenvalue weighted by molar-refractivity contribution is 0.277. The van der Waals surface area contributed by atoms with Crippen molar-refractivity contribution >= 4 is 5.69 Å². The van der Waals surface area contributed by atoms with Crippen LogP contribution in [0.15, 0.2) is 18.2 Å². The van der Waals surface area contributed by atoms with E-state index in [0.29, 0.717) is 11.7 Å². The molecule has 1 aromatic carbocycles. The fourth-order valence-electron chi connectivity index (χ4n) is 2.56. The first-order valence-electron chi connectivity index (χ1n) is 6.42. The second-order valence-electron chi connectivity index (χ2n) is 4.58. The van der Waals surface area contributed by atoms with Crippen LogP contribution in [0.25, 0.3) is 0 Å². The molecule has 3 nitrogen and oxygen atoms in total. The van der Waals surface area contributed by atoms with E-state index in [1.54, 1.807) is 12.1 Å². The van der Waals surface area contributed by atoms with Crippen molar-refractivity contribution in [2.45, 2.75) is 25.8 Å². The number of hydrogen-bond donors (Lipinski definition) is 1. The van der Waals surface area contributed by atoms with E-state index in [0.717, 1.165) is 26.1 Å². The van der Waals surface area contributed by atoms with E-state index in [4.69, 9.17) is 5.26 Å². The number of nitriles is 1. The summed E-state index contributed by atoms with van der Waals surface area (Å²) in [6.45, 7) is 5.10. The summed E-state index contributed by atoms with van der Waals surface area (Å²) in [5, 5.41) is 12.2. The molecule has 0 radical (unpaired) electrons. The maximum absolute atomic E-state index is 13.4. The van der Waals surface area contributed by atoms with Gasteiger partial charge in [0.1, 0.15) is 17.4 Å². The van der Waals surface area contributed by atoms with E-state index in [9.17, 15) is 4.39 Å². The van der Waals surface area contributed by atoms with Gasteiger partial charge in [-0.15, -0.1) is 0 Å². The Kier molecular flexibility index (Phi) is 4.16. The highest BCUT2D eigenvalue weighted by Gasteiger charge is 2.22. The second kappa shape index (κ2) is 5.83. The number of rotatable bonds is 4. The number of nitrogens with zero attached hydrogens (tertiary/aromatic N) is 2. The predicted octanol–water partition coefficient (Wildman–Crippen LogP) is 2.59. The van der Waals surface area contributed by atoms with Gasteiger partial charge in [0.25, 0.3) is 0 Å². The van der Waals surface area contributed by atoms with Crippen LogP contribution >= 0.6 is 0 Å². The lowest BCUT2D eigenvalue weighted by atomic mass is 10.1. The molecule has 1 heterocycles. The first kappa shape index (κ1) is 12.8. The molecular weight excluding hydrogens is 229 g/mol. The molecule has 1 aliphatic heterocycles. The summed E-state index contributed by atoms with van der Waals surface area (Å²) in [4.78, 5) is 2.42. The molecule has 0 aliphatic carbocycles. The molecule has 0 saturated carbocycles. The van der Waals surface area contributed by atoms with Crippen LogP contribution in [0.1, 0.15) is 25.3 Å². The SMILES string of the molecule is CCN1CCCC1CNc1cccc(F)c1C#N. The van der Waals surface area contributed by atoms with E-state index in [-0.39, 0.29) is 5.56 Å². The zero-order valence-corrected chi connectivity index (χ0v) is 10.6. The lowest BCUT2D eigenvalue weighted by Gasteiger charge is -2.23. The first-order valence-corrected chi connectivity index (χ1v) is 6.42. The monoisotopic (exact) mass is 247 g/mol. The lowest BCUT2D eigenvalue weighted by Crippen LogP contribution is -2.34. The van der Waals surface area contributed by atoms with Gasteiger partial charge < -0.3 is 5.32 Å². The summed E-state index contributed by atoms with van der Waals surface area (Å²) in [6, 6.07) is 7.11. The number of halogens is 1. The van der Waals surface area contributed by atoms with Crippen LogP contribution in [-0.2, 0) is 0 Å². The molecule has 4 heteroatoms. The van der Waals surface area contributed by atoms with Gasteiger partial charge in [-0.1, -0.05) is 13.0 Å². The maximum Gasteiger partial charge on any atom is 0.143 e. The van der Waals surface area contributed by atoms with Gasteiger partial charge in [-0.2, -0.15) is 5.26 Å². The van der Waals surface area contributed by atoms with Crippen molar-refractivity contribution in [3.05, 3.63) is 29.6 Å². The zero-order valence-electron chi connectivity index (χ0n) is 10.6. The Balaban J connectivity index is 2.02. The number of nitrogens with one attached hydrogen (secondary N) is 1. The van der Waals surface area contributed by atoms with Crippen molar-refractivity contribution in [2.24, 2.45) is 0 Å². The van der Waals surface area contributed by atoms with Gasteiger partial charge >= 0.3 is 0 Å². The molecular formula is C14H18FN3. The number of likely N-dealkylation sites (N-methyl/N-ethyl adjacent to an activating group) is 1. The zero-order chi connectivity index (χ0) is 13.0. The third-order valence-corrected chi connectivity index (χ3v) is 3.56. The van der Waals surface area contributed by atoms with Gasteiger partial charge in [0.05, 0.1) is 5.69 Å². The van der Waals surface area contributed by atoms with Gasteiger partial charge in [-0.05, 0) is 38.1 Å². The summed E-state index contributed by atoms with van der Waals surface area (Å²) in [6.07, 6.45) is 2.38. The summed E-state index contributed by atoms with van der Waals surface area (Å²) in [5.41, 5.74) is 0.707.